The first-order valence-corrected chi connectivity index (χ1v) is 11.1. The summed E-state index contributed by atoms with van der Waals surface area (Å²) in [5, 5.41) is 18.7. The molecule has 1 saturated heterocycles. The van der Waals surface area contributed by atoms with Crippen LogP contribution in [0.15, 0.2) is 57.9 Å². The zero-order valence-corrected chi connectivity index (χ0v) is 19.3. The number of carboxylic acid groups (broad SMARTS) is 2. The number of benzene rings is 2. The number of nitrogens with zero attached hydrogens (tertiary/aromatic N) is 1. The Bertz CT molecular complexity index is 1360. The van der Waals surface area contributed by atoms with E-state index in [1.807, 2.05) is 0 Å². The Morgan fingerprint density at radius 2 is 1.62 bits per heavy atom. The first-order valence-electron chi connectivity index (χ1n) is 9.53. The molecule has 34 heavy (non-hydrogen) atoms. The molecule has 0 saturated carbocycles. The lowest BCUT2D eigenvalue weighted by Gasteiger charge is -2.12. The minimum absolute atomic E-state index is 0.0161. The zero-order chi connectivity index (χ0) is 24.6. The molecule has 2 amide bonds. The summed E-state index contributed by atoms with van der Waals surface area (Å²) in [4.78, 5) is 49.0. The molecule has 0 unspecified atom stereocenters. The molecule has 2 aromatic carbocycles. The van der Waals surface area contributed by atoms with Gasteiger partial charge in [0, 0.05) is 11.6 Å². The van der Waals surface area contributed by atoms with Gasteiger partial charge in [0.05, 0.1) is 32.6 Å². The zero-order valence-electron chi connectivity index (χ0n) is 17.0. The fourth-order valence-electron chi connectivity index (χ4n) is 3.19. The van der Waals surface area contributed by atoms with Gasteiger partial charge in [-0.05, 0) is 59.8 Å². The third-order valence-corrected chi connectivity index (χ3v) is 6.46. The SMILES string of the molecule is O=C(O)c1cc(C(=O)O)cc(-c2ccc(/C=C3\SC(=O)N(Cc4ccc(Cl)c(Cl)c4)C3=O)o2)c1. The van der Waals surface area contributed by atoms with Gasteiger partial charge in [-0.15, -0.1) is 0 Å². The summed E-state index contributed by atoms with van der Waals surface area (Å²) < 4.78 is 5.68. The highest BCUT2D eigenvalue weighted by atomic mass is 35.5. The van der Waals surface area contributed by atoms with E-state index < -0.39 is 23.1 Å². The first kappa shape index (κ1) is 23.6. The third-order valence-electron chi connectivity index (χ3n) is 4.81. The number of thioether (sulfide) groups is 1. The topological polar surface area (TPSA) is 125 Å². The van der Waals surface area contributed by atoms with Crippen molar-refractivity contribution in [3.8, 4) is 11.3 Å². The summed E-state index contributed by atoms with van der Waals surface area (Å²) in [5.41, 5.74) is 0.447. The average Bonchev–Trinajstić information content (AvgIpc) is 3.36. The summed E-state index contributed by atoms with van der Waals surface area (Å²) in [6, 6.07) is 11.5. The maximum absolute atomic E-state index is 12.8. The molecule has 0 bridgehead atoms. The number of halogens is 2. The molecule has 2 N–H and O–H groups in total. The van der Waals surface area contributed by atoms with E-state index in [1.54, 1.807) is 18.2 Å². The fraction of sp³-hybridized carbons (Fsp3) is 0.0435. The van der Waals surface area contributed by atoms with Gasteiger partial charge < -0.3 is 14.6 Å². The van der Waals surface area contributed by atoms with Crippen LogP contribution in [0.1, 0.15) is 32.0 Å². The number of hydrogen-bond donors (Lipinski definition) is 2. The molecule has 1 aliphatic rings. The predicted molar refractivity (Wildman–Crippen MR) is 126 cm³/mol. The molecule has 4 rings (SSSR count). The quantitative estimate of drug-likeness (QED) is 0.387. The predicted octanol–water partition coefficient (Wildman–Crippen LogP) is 5.89. The highest BCUT2D eigenvalue weighted by molar-refractivity contribution is 8.18. The van der Waals surface area contributed by atoms with Gasteiger partial charge in [-0.1, -0.05) is 29.3 Å². The van der Waals surface area contributed by atoms with Crippen molar-refractivity contribution in [3.63, 3.8) is 0 Å². The number of carbonyl (C=O) groups is 4. The number of rotatable bonds is 6. The van der Waals surface area contributed by atoms with Crippen molar-refractivity contribution in [1.29, 1.82) is 0 Å². The monoisotopic (exact) mass is 517 g/mol. The Hall–Kier alpha value is -3.53. The Labute approximate surface area is 206 Å². The molecule has 172 valence electrons. The van der Waals surface area contributed by atoms with Crippen LogP contribution in [0.2, 0.25) is 10.0 Å². The van der Waals surface area contributed by atoms with E-state index in [4.69, 9.17) is 27.6 Å². The minimum Gasteiger partial charge on any atom is -0.478 e. The second-order valence-corrected chi connectivity index (χ2v) is 8.94. The maximum Gasteiger partial charge on any atom is 0.335 e. The van der Waals surface area contributed by atoms with E-state index in [-0.39, 0.29) is 39.7 Å². The smallest absolute Gasteiger partial charge is 0.335 e. The first-order chi connectivity index (χ1) is 16.1. The summed E-state index contributed by atoms with van der Waals surface area (Å²) in [6.07, 6.45) is 1.39. The number of carbonyl (C=O) groups excluding carboxylic acids is 2. The normalized spacial score (nSPS) is 14.8. The molecule has 11 heteroatoms. The summed E-state index contributed by atoms with van der Waals surface area (Å²) >= 11 is 12.6. The number of amides is 2. The standard InChI is InChI=1S/C23H13Cl2NO7S/c24-16-3-1-11(5-17(16)25)10-26-20(27)19(34-23(26)32)9-15-2-4-18(33-15)12-6-13(21(28)29)8-14(7-12)22(30)31/h1-9H,10H2,(H,28,29)(H,30,31)/b19-9-. The lowest BCUT2D eigenvalue weighted by Crippen LogP contribution is -2.27. The largest absolute Gasteiger partial charge is 0.478 e. The number of hydrogen-bond acceptors (Lipinski definition) is 6. The van der Waals surface area contributed by atoms with E-state index in [0.29, 0.717) is 15.6 Å². The van der Waals surface area contributed by atoms with Gasteiger partial charge in [0.25, 0.3) is 11.1 Å². The molecule has 3 aromatic rings. The molecule has 0 aliphatic carbocycles. The lowest BCUT2D eigenvalue weighted by molar-refractivity contribution is -0.123. The molecular formula is C23H13Cl2NO7S. The molecule has 8 nitrogen and oxygen atoms in total. The highest BCUT2D eigenvalue weighted by Crippen LogP contribution is 2.35. The molecule has 1 aromatic heterocycles. The maximum atomic E-state index is 12.8. The Morgan fingerprint density at radius 3 is 2.24 bits per heavy atom. The Kier molecular flexibility index (Phi) is 6.52. The Balaban J connectivity index is 1.58. The van der Waals surface area contributed by atoms with Crippen LogP contribution in [0.5, 0.6) is 0 Å². The van der Waals surface area contributed by atoms with E-state index in [9.17, 15) is 29.4 Å². The second-order valence-electron chi connectivity index (χ2n) is 7.13. The van der Waals surface area contributed by atoms with Crippen molar-refractivity contribution in [2.24, 2.45) is 0 Å². The van der Waals surface area contributed by atoms with E-state index >= 15 is 0 Å². The molecular weight excluding hydrogens is 505 g/mol. The van der Waals surface area contributed by atoms with Gasteiger partial charge in [0.15, 0.2) is 0 Å². The van der Waals surface area contributed by atoms with E-state index in [0.717, 1.165) is 22.7 Å². The molecule has 0 radical (unpaired) electrons. The van der Waals surface area contributed by atoms with Crippen molar-refractivity contribution in [3.05, 3.63) is 85.9 Å². The lowest BCUT2D eigenvalue weighted by atomic mass is 10.0. The summed E-state index contributed by atoms with van der Waals surface area (Å²) in [6.45, 7) is 0.0161. The molecule has 0 spiro atoms. The fourth-order valence-corrected chi connectivity index (χ4v) is 4.33. The highest BCUT2D eigenvalue weighted by Gasteiger charge is 2.35. The van der Waals surface area contributed by atoms with Gasteiger partial charge in [-0.2, -0.15) is 0 Å². The van der Waals surface area contributed by atoms with Gasteiger partial charge >= 0.3 is 11.9 Å². The van der Waals surface area contributed by atoms with Gasteiger partial charge in [-0.3, -0.25) is 14.5 Å². The van der Waals surface area contributed by atoms with E-state index in [1.165, 1.54) is 30.3 Å². The van der Waals surface area contributed by atoms with Crippen LogP contribution in [0, 0.1) is 0 Å². The third kappa shape index (κ3) is 4.86. The van der Waals surface area contributed by atoms with Crippen LogP contribution >= 0.6 is 35.0 Å². The van der Waals surface area contributed by atoms with Gasteiger partial charge in [-0.25, -0.2) is 9.59 Å². The average molecular weight is 518 g/mol. The van der Waals surface area contributed by atoms with Crippen molar-refractivity contribution < 1.29 is 33.8 Å². The van der Waals surface area contributed by atoms with Gasteiger partial charge in [0.1, 0.15) is 11.5 Å². The van der Waals surface area contributed by atoms with Crippen molar-refractivity contribution in [1.82, 2.24) is 4.90 Å². The van der Waals surface area contributed by atoms with Crippen LogP contribution in [0.25, 0.3) is 17.4 Å². The van der Waals surface area contributed by atoms with Crippen LogP contribution < -0.4 is 0 Å². The molecule has 0 atom stereocenters. The van der Waals surface area contributed by atoms with E-state index in [2.05, 4.69) is 0 Å². The number of carboxylic acids is 2. The molecule has 1 aliphatic heterocycles. The van der Waals surface area contributed by atoms with Crippen molar-refractivity contribution in [2.75, 3.05) is 0 Å². The van der Waals surface area contributed by atoms with Crippen LogP contribution in [-0.4, -0.2) is 38.2 Å². The van der Waals surface area contributed by atoms with Gasteiger partial charge in [0.2, 0.25) is 0 Å². The molecule has 1 fully saturated rings. The number of furan rings is 1. The number of aromatic carboxylic acids is 2. The summed E-state index contributed by atoms with van der Waals surface area (Å²) in [7, 11) is 0. The number of imide groups is 1. The second kappa shape index (κ2) is 9.38. The Morgan fingerprint density at radius 1 is 0.941 bits per heavy atom. The van der Waals surface area contributed by atoms with Crippen LogP contribution in [0.3, 0.4) is 0 Å². The van der Waals surface area contributed by atoms with Crippen molar-refractivity contribution in [2.45, 2.75) is 6.54 Å². The van der Waals surface area contributed by atoms with Crippen LogP contribution in [0.4, 0.5) is 4.79 Å². The van der Waals surface area contributed by atoms with Crippen molar-refractivity contribution >= 4 is 64.1 Å². The summed E-state index contributed by atoms with van der Waals surface area (Å²) in [5.74, 6) is -2.65. The van der Waals surface area contributed by atoms with Crippen LogP contribution in [-0.2, 0) is 11.3 Å². The minimum atomic E-state index is -1.29. The molecule has 2 heterocycles.